The van der Waals surface area contributed by atoms with Gasteiger partial charge in [-0.2, -0.15) is 11.8 Å². The molecule has 1 unspecified atom stereocenters. The number of halogens is 1. The molecular weight excluding hydrogens is 215 g/mol. The molecule has 0 amide bonds. The standard InChI is InChI=1S/C11H15FO2S/c1-8(13)10-7-9(12)3-4-11(10)14-5-6-15-2/h3-4,7-8,13H,5-6H2,1-2H3. The maximum absolute atomic E-state index is 12.9. The summed E-state index contributed by atoms with van der Waals surface area (Å²) < 4.78 is 18.4. The molecule has 0 radical (unpaired) electrons. The normalized spacial score (nSPS) is 12.5. The van der Waals surface area contributed by atoms with Crippen LogP contribution in [0.1, 0.15) is 18.6 Å². The van der Waals surface area contributed by atoms with E-state index in [9.17, 15) is 9.50 Å². The number of ether oxygens (including phenoxy) is 1. The Labute approximate surface area is 93.5 Å². The van der Waals surface area contributed by atoms with Gasteiger partial charge in [0.05, 0.1) is 12.7 Å². The number of benzene rings is 1. The van der Waals surface area contributed by atoms with E-state index in [1.165, 1.54) is 12.1 Å². The predicted molar refractivity (Wildman–Crippen MR) is 60.9 cm³/mol. The Bertz CT molecular complexity index is 315. The second-order valence-corrected chi connectivity index (χ2v) is 4.18. The number of thioether (sulfide) groups is 1. The molecule has 15 heavy (non-hydrogen) atoms. The number of hydrogen-bond acceptors (Lipinski definition) is 3. The minimum Gasteiger partial charge on any atom is -0.492 e. The smallest absolute Gasteiger partial charge is 0.125 e. The highest BCUT2D eigenvalue weighted by Crippen LogP contribution is 2.25. The third kappa shape index (κ3) is 3.72. The Kier molecular flexibility index (Phi) is 4.91. The quantitative estimate of drug-likeness (QED) is 0.788. The van der Waals surface area contributed by atoms with Crippen LogP contribution in [0.5, 0.6) is 5.75 Å². The first-order valence-electron chi connectivity index (χ1n) is 4.74. The van der Waals surface area contributed by atoms with Gasteiger partial charge in [-0.25, -0.2) is 4.39 Å². The summed E-state index contributed by atoms with van der Waals surface area (Å²) in [6.07, 6.45) is 1.27. The van der Waals surface area contributed by atoms with Crippen molar-refractivity contribution in [3.05, 3.63) is 29.6 Å². The fraction of sp³-hybridized carbons (Fsp3) is 0.455. The lowest BCUT2D eigenvalue weighted by Crippen LogP contribution is -2.04. The van der Waals surface area contributed by atoms with E-state index < -0.39 is 6.10 Å². The molecule has 0 bridgehead atoms. The van der Waals surface area contributed by atoms with Crippen LogP contribution in [0.25, 0.3) is 0 Å². The summed E-state index contributed by atoms with van der Waals surface area (Å²) in [4.78, 5) is 0. The molecule has 0 saturated carbocycles. The van der Waals surface area contributed by atoms with E-state index in [1.807, 2.05) is 6.26 Å². The Balaban J connectivity index is 2.77. The largest absolute Gasteiger partial charge is 0.492 e. The van der Waals surface area contributed by atoms with Crippen molar-refractivity contribution in [3.8, 4) is 5.75 Å². The zero-order valence-electron chi connectivity index (χ0n) is 8.87. The van der Waals surface area contributed by atoms with E-state index in [0.717, 1.165) is 5.75 Å². The van der Waals surface area contributed by atoms with Gasteiger partial charge in [0.15, 0.2) is 0 Å². The van der Waals surface area contributed by atoms with Crippen LogP contribution in [0.4, 0.5) is 4.39 Å². The molecule has 0 aliphatic rings. The molecule has 1 aromatic rings. The minimum atomic E-state index is -0.718. The molecule has 84 valence electrons. The molecule has 0 aliphatic carbocycles. The first-order valence-corrected chi connectivity index (χ1v) is 6.13. The second-order valence-electron chi connectivity index (χ2n) is 3.20. The van der Waals surface area contributed by atoms with Gasteiger partial charge in [-0.15, -0.1) is 0 Å². The fourth-order valence-corrected chi connectivity index (χ4v) is 1.46. The van der Waals surface area contributed by atoms with Gasteiger partial charge >= 0.3 is 0 Å². The summed E-state index contributed by atoms with van der Waals surface area (Å²) >= 11 is 1.68. The monoisotopic (exact) mass is 230 g/mol. The molecule has 2 nitrogen and oxygen atoms in total. The maximum atomic E-state index is 12.9. The molecular formula is C11H15FO2S. The van der Waals surface area contributed by atoms with E-state index >= 15 is 0 Å². The first-order chi connectivity index (χ1) is 7.15. The highest BCUT2D eigenvalue weighted by Gasteiger charge is 2.10. The second kappa shape index (κ2) is 5.98. The van der Waals surface area contributed by atoms with Crippen LogP contribution in [-0.4, -0.2) is 23.7 Å². The fourth-order valence-electron chi connectivity index (χ4n) is 1.21. The van der Waals surface area contributed by atoms with Crippen molar-refractivity contribution in [1.82, 2.24) is 0 Å². The van der Waals surface area contributed by atoms with Crippen LogP contribution in [0.2, 0.25) is 0 Å². The van der Waals surface area contributed by atoms with Crippen molar-refractivity contribution in [2.75, 3.05) is 18.6 Å². The van der Waals surface area contributed by atoms with Crippen LogP contribution in [0.3, 0.4) is 0 Å². The van der Waals surface area contributed by atoms with Gasteiger partial charge in [-0.1, -0.05) is 0 Å². The van der Waals surface area contributed by atoms with E-state index in [1.54, 1.807) is 24.8 Å². The minimum absolute atomic E-state index is 0.358. The molecule has 1 aromatic carbocycles. The average Bonchev–Trinajstić information content (AvgIpc) is 2.20. The Morgan fingerprint density at radius 1 is 1.53 bits per heavy atom. The van der Waals surface area contributed by atoms with Crippen LogP contribution >= 0.6 is 11.8 Å². The summed E-state index contributed by atoms with van der Waals surface area (Å²) in [7, 11) is 0. The van der Waals surface area contributed by atoms with E-state index in [0.29, 0.717) is 17.9 Å². The van der Waals surface area contributed by atoms with Gasteiger partial charge in [0, 0.05) is 11.3 Å². The lowest BCUT2D eigenvalue weighted by atomic mass is 10.1. The highest BCUT2D eigenvalue weighted by atomic mass is 32.2. The summed E-state index contributed by atoms with van der Waals surface area (Å²) in [6.45, 7) is 2.16. The lowest BCUT2D eigenvalue weighted by molar-refractivity contribution is 0.191. The van der Waals surface area contributed by atoms with Crippen molar-refractivity contribution < 1.29 is 14.2 Å². The van der Waals surface area contributed by atoms with Gasteiger partial charge in [-0.3, -0.25) is 0 Å². The van der Waals surface area contributed by atoms with Gasteiger partial charge in [0.25, 0.3) is 0 Å². The van der Waals surface area contributed by atoms with Crippen molar-refractivity contribution in [2.24, 2.45) is 0 Å². The predicted octanol–water partition coefficient (Wildman–Crippen LogP) is 2.62. The number of aliphatic hydroxyl groups excluding tert-OH is 1. The third-order valence-electron chi connectivity index (χ3n) is 1.97. The molecule has 0 saturated heterocycles. The topological polar surface area (TPSA) is 29.5 Å². The van der Waals surface area contributed by atoms with Crippen LogP contribution < -0.4 is 4.74 Å². The van der Waals surface area contributed by atoms with Crippen molar-refractivity contribution in [1.29, 1.82) is 0 Å². The molecule has 0 fully saturated rings. The van der Waals surface area contributed by atoms with Crippen molar-refractivity contribution in [3.63, 3.8) is 0 Å². The number of aliphatic hydroxyl groups is 1. The van der Waals surface area contributed by atoms with Gasteiger partial charge in [-0.05, 0) is 31.4 Å². The lowest BCUT2D eigenvalue weighted by Gasteiger charge is -2.13. The van der Waals surface area contributed by atoms with E-state index in [2.05, 4.69) is 0 Å². The summed E-state index contributed by atoms with van der Waals surface area (Å²) in [5.41, 5.74) is 0.496. The van der Waals surface area contributed by atoms with Crippen molar-refractivity contribution in [2.45, 2.75) is 13.0 Å². The third-order valence-corrected chi connectivity index (χ3v) is 2.54. The Morgan fingerprint density at radius 3 is 2.87 bits per heavy atom. The molecule has 1 atom stereocenters. The highest BCUT2D eigenvalue weighted by molar-refractivity contribution is 7.98. The van der Waals surface area contributed by atoms with Crippen LogP contribution in [0.15, 0.2) is 18.2 Å². The van der Waals surface area contributed by atoms with Gasteiger partial charge < -0.3 is 9.84 Å². The average molecular weight is 230 g/mol. The summed E-state index contributed by atoms with van der Waals surface area (Å²) in [5.74, 6) is 1.07. The zero-order valence-corrected chi connectivity index (χ0v) is 9.68. The van der Waals surface area contributed by atoms with E-state index in [-0.39, 0.29) is 5.82 Å². The van der Waals surface area contributed by atoms with Crippen LogP contribution in [-0.2, 0) is 0 Å². The molecule has 0 spiro atoms. The maximum Gasteiger partial charge on any atom is 0.125 e. The number of rotatable bonds is 5. The van der Waals surface area contributed by atoms with E-state index in [4.69, 9.17) is 4.74 Å². The molecule has 0 aromatic heterocycles. The molecule has 0 aliphatic heterocycles. The summed E-state index contributed by atoms with van der Waals surface area (Å²) in [5, 5.41) is 9.43. The number of hydrogen-bond donors (Lipinski definition) is 1. The first kappa shape index (κ1) is 12.3. The van der Waals surface area contributed by atoms with Gasteiger partial charge in [0.1, 0.15) is 11.6 Å². The SMILES string of the molecule is CSCCOc1ccc(F)cc1C(C)O. The van der Waals surface area contributed by atoms with Crippen LogP contribution in [0, 0.1) is 5.82 Å². The van der Waals surface area contributed by atoms with Crippen molar-refractivity contribution >= 4 is 11.8 Å². The zero-order chi connectivity index (χ0) is 11.3. The Hall–Kier alpha value is -0.740. The molecule has 0 heterocycles. The molecule has 1 N–H and O–H groups in total. The molecule has 1 rings (SSSR count). The summed E-state index contributed by atoms with van der Waals surface area (Å²) in [6, 6.07) is 4.19. The van der Waals surface area contributed by atoms with Gasteiger partial charge in [0.2, 0.25) is 0 Å². The Morgan fingerprint density at radius 2 is 2.27 bits per heavy atom. The molecule has 4 heteroatoms.